The van der Waals surface area contributed by atoms with Crippen molar-refractivity contribution in [2.24, 2.45) is 0 Å². The van der Waals surface area contributed by atoms with Gasteiger partial charge < -0.3 is 14.1 Å². The minimum atomic E-state index is -0.152. The summed E-state index contributed by atoms with van der Waals surface area (Å²) in [5, 5.41) is 4.85. The Morgan fingerprint density at radius 1 is 0.492 bits per heavy atom. The Hall–Kier alpha value is -6.56. The molecule has 0 N–H and O–H groups in total. The lowest BCUT2D eigenvalue weighted by Gasteiger charge is -2.46. The molecule has 8 aromatic carbocycles. The van der Waals surface area contributed by atoms with Gasteiger partial charge in [-0.2, -0.15) is 0 Å². The summed E-state index contributed by atoms with van der Waals surface area (Å²) in [6, 6.07) is 61.3. The standard InChI is InChI=1S/C56H45BN2OS/c1-55(2,3)35-24-27-37(28-25-35)59-47-21-13-10-18-38(47)43-31-44-39-19-11-14-22-49(39)60-54(44)53-52(43)57(59)45-32-42-40-20-12-15-23-50(40)61-51(42)33-48(45)58(53)46-29-26-36(56(4,5)6)30-41(46)34-16-8-7-9-17-34/h7-33H,1-6H3. The van der Waals surface area contributed by atoms with Gasteiger partial charge >= 0.3 is 6.85 Å². The van der Waals surface area contributed by atoms with Gasteiger partial charge in [-0.15, -0.1) is 11.3 Å². The molecule has 10 aromatic rings. The van der Waals surface area contributed by atoms with Gasteiger partial charge in [0.05, 0.1) is 11.4 Å². The molecule has 0 saturated carbocycles. The van der Waals surface area contributed by atoms with Crippen molar-refractivity contribution in [3.63, 3.8) is 0 Å². The first-order valence-electron chi connectivity index (χ1n) is 21.5. The summed E-state index contributed by atoms with van der Waals surface area (Å²) in [6.07, 6.45) is 0. The van der Waals surface area contributed by atoms with Crippen molar-refractivity contribution in [3.8, 4) is 22.3 Å². The zero-order valence-electron chi connectivity index (χ0n) is 35.4. The molecule has 5 heteroatoms. The van der Waals surface area contributed by atoms with Crippen LogP contribution in [0.15, 0.2) is 168 Å². The molecule has 0 radical (unpaired) electrons. The molecule has 0 spiro atoms. The quantitative estimate of drug-likeness (QED) is 0.166. The van der Waals surface area contributed by atoms with Crippen molar-refractivity contribution in [1.29, 1.82) is 0 Å². The van der Waals surface area contributed by atoms with Crippen LogP contribution in [0.2, 0.25) is 0 Å². The maximum atomic E-state index is 7.17. The van der Waals surface area contributed by atoms with Gasteiger partial charge in [-0.3, -0.25) is 0 Å². The van der Waals surface area contributed by atoms with E-state index in [2.05, 4.69) is 215 Å². The van der Waals surface area contributed by atoms with E-state index >= 15 is 0 Å². The molecule has 0 fully saturated rings. The van der Waals surface area contributed by atoms with Crippen molar-refractivity contribution in [2.45, 2.75) is 52.4 Å². The number of fused-ring (bicyclic) bond motifs is 11. The van der Waals surface area contributed by atoms with E-state index in [1.54, 1.807) is 0 Å². The molecule has 294 valence electrons. The van der Waals surface area contributed by atoms with Crippen molar-refractivity contribution in [2.75, 3.05) is 9.71 Å². The normalized spacial score (nSPS) is 13.6. The Bertz CT molecular complexity index is 3400. The van der Waals surface area contributed by atoms with Gasteiger partial charge in [0.2, 0.25) is 0 Å². The predicted molar refractivity (Wildman–Crippen MR) is 263 cm³/mol. The first kappa shape index (κ1) is 36.3. The van der Waals surface area contributed by atoms with Crippen LogP contribution >= 0.6 is 11.3 Å². The second-order valence-electron chi connectivity index (χ2n) is 18.9. The average Bonchev–Trinajstić information content (AvgIpc) is 3.83. The van der Waals surface area contributed by atoms with Crippen LogP contribution in [0, 0.1) is 0 Å². The van der Waals surface area contributed by atoms with E-state index in [0.29, 0.717) is 0 Å². The number of hydrogen-bond donors (Lipinski definition) is 0. The topological polar surface area (TPSA) is 19.6 Å². The molecule has 2 aromatic heterocycles. The highest BCUT2D eigenvalue weighted by atomic mass is 32.1. The van der Waals surface area contributed by atoms with Gasteiger partial charge in [-0.05, 0) is 98.6 Å². The minimum absolute atomic E-state index is 0.0353. The number of para-hydroxylation sites is 2. The SMILES string of the molecule is CC(C)(C)c1ccc(N2B3c4cc5c(cc4N(c4ccc(C(C)(C)C)cc4-c4ccccc4)c4c3c(cc3c4oc4ccccc43)-c3ccccc32)sc2ccccc25)cc1. The third-order valence-electron chi connectivity index (χ3n) is 13.2. The molecule has 3 nitrogen and oxygen atoms in total. The largest absolute Gasteiger partial charge is 0.454 e. The number of rotatable bonds is 3. The van der Waals surface area contributed by atoms with Crippen LogP contribution in [0.4, 0.5) is 28.4 Å². The van der Waals surface area contributed by atoms with E-state index in [-0.39, 0.29) is 17.7 Å². The van der Waals surface area contributed by atoms with Gasteiger partial charge in [0, 0.05) is 59.1 Å². The van der Waals surface area contributed by atoms with Gasteiger partial charge in [0.1, 0.15) is 5.58 Å². The van der Waals surface area contributed by atoms with Gasteiger partial charge in [-0.25, -0.2) is 0 Å². The van der Waals surface area contributed by atoms with Crippen LogP contribution in [0.25, 0.3) is 64.4 Å². The van der Waals surface area contributed by atoms with Crippen LogP contribution in [0.1, 0.15) is 52.7 Å². The highest BCUT2D eigenvalue weighted by Crippen LogP contribution is 2.53. The Morgan fingerprint density at radius 2 is 1.18 bits per heavy atom. The Labute approximate surface area is 361 Å². The third kappa shape index (κ3) is 5.43. The van der Waals surface area contributed by atoms with E-state index in [0.717, 1.165) is 33.3 Å². The zero-order chi connectivity index (χ0) is 41.4. The number of benzene rings is 8. The highest BCUT2D eigenvalue weighted by molar-refractivity contribution is 7.26. The first-order chi connectivity index (χ1) is 29.5. The first-order valence-corrected chi connectivity index (χ1v) is 22.3. The fourth-order valence-electron chi connectivity index (χ4n) is 10.1. The summed E-state index contributed by atoms with van der Waals surface area (Å²) >= 11 is 1.88. The van der Waals surface area contributed by atoms with E-state index in [4.69, 9.17) is 4.42 Å². The Kier molecular flexibility index (Phi) is 7.72. The van der Waals surface area contributed by atoms with E-state index in [1.165, 1.54) is 81.5 Å². The Balaban J connectivity index is 1.27. The molecule has 0 unspecified atom stereocenters. The molecule has 0 aliphatic carbocycles. The average molecular weight is 805 g/mol. The Morgan fingerprint density at radius 3 is 1.97 bits per heavy atom. The molecular formula is C56H45BN2OS. The molecular weight excluding hydrogens is 760 g/mol. The second kappa shape index (κ2) is 13.0. The van der Waals surface area contributed by atoms with Crippen LogP contribution in [-0.2, 0) is 10.8 Å². The zero-order valence-corrected chi connectivity index (χ0v) is 36.2. The summed E-state index contributed by atoms with van der Waals surface area (Å²) in [6.45, 7) is 13.6. The third-order valence-corrected chi connectivity index (χ3v) is 14.3. The fraction of sp³-hybridized carbons (Fsp3) is 0.143. The van der Waals surface area contributed by atoms with Crippen LogP contribution < -0.4 is 20.6 Å². The summed E-state index contributed by atoms with van der Waals surface area (Å²) in [5.41, 5.74) is 17.6. The van der Waals surface area contributed by atoms with Crippen molar-refractivity contribution >= 4 is 99.7 Å². The van der Waals surface area contributed by atoms with Crippen LogP contribution in [0.3, 0.4) is 0 Å². The van der Waals surface area contributed by atoms with Gasteiger partial charge in [0.15, 0.2) is 5.58 Å². The highest BCUT2D eigenvalue weighted by Gasteiger charge is 2.47. The monoisotopic (exact) mass is 804 g/mol. The molecule has 61 heavy (non-hydrogen) atoms. The summed E-state index contributed by atoms with van der Waals surface area (Å²) in [7, 11) is 0. The van der Waals surface area contributed by atoms with Crippen molar-refractivity contribution in [3.05, 3.63) is 175 Å². The van der Waals surface area contributed by atoms with E-state index < -0.39 is 0 Å². The second-order valence-corrected chi connectivity index (χ2v) is 20.0. The van der Waals surface area contributed by atoms with Crippen molar-refractivity contribution in [1.82, 2.24) is 0 Å². The predicted octanol–water partition coefficient (Wildman–Crippen LogP) is 14.9. The van der Waals surface area contributed by atoms with Crippen molar-refractivity contribution < 1.29 is 4.42 Å². The number of anilines is 5. The van der Waals surface area contributed by atoms with Gasteiger partial charge in [-0.1, -0.05) is 151 Å². The molecule has 0 bridgehead atoms. The minimum Gasteiger partial charge on any atom is -0.454 e. The fourth-order valence-corrected chi connectivity index (χ4v) is 11.2. The van der Waals surface area contributed by atoms with E-state index in [9.17, 15) is 0 Å². The lowest BCUT2D eigenvalue weighted by molar-refractivity contribution is 0.590. The maximum Gasteiger partial charge on any atom is 0.333 e. The molecule has 4 heterocycles. The number of nitrogens with zero attached hydrogens (tertiary/aromatic N) is 2. The van der Waals surface area contributed by atoms with E-state index in [1.807, 2.05) is 11.3 Å². The summed E-state index contributed by atoms with van der Waals surface area (Å²) in [5.74, 6) is 0. The van der Waals surface area contributed by atoms with Gasteiger partial charge in [0.25, 0.3) is 0 Å². The van der Waals surface area contributed by atoms with Crippen LogP contribution in [-0.4, -0.2) is 6.85 Å². The molecule has 2 aliphatic rings. The summed E-state index contributed by atoms with van der Waals surface area (Å²) < 4.78 is 9.75. The molecule has 12 rings (SSSR count). The lowest BCUT2D eigenvalue weighted by atomic mass is 9.43. The number of furan rings is 1. The molecule has 2 aliphatic heterocycles. The summed E-state index contributed by atoms with van der Waals surface area (Å²) in [4.78, 5) is 5.18. The smallest absolute Gasteiger partial charge is 0.333 e. The lowest BCUT2D eigenvalue weighted by Crippen LogP contribution is -2.61. The molecule has 0 atom stereocenters. The number of thiophene rings is 1. The maximum absolute atomic E-state index is 7.17. The van der Waals surface area contributed by atoms with Crippen LogP contribution in [0.5, 0.6) is 0 Å². The molecule has 0 saturated heterocycles. The molecule has 0 amide bonds. The number of hydrogen-bond acceptors (Lipinski definition) is 4.